The predicted molar refractivity (Wildman–Crippen MR) is 128 cm³/mol. The molecule has 0 saturated carbocycles. The molecular formula is C22H23F2N5O3S2. The third-order valence-electron chi connectivity index (χ3n) is 5.39. The summed E-state index contributed by atoms with van der Waals surface area (Å²) in [5.41, 5.74) is 3.25. The van der Waals surface area contributed by atoms with Crippen molar-refractivity contribution in [3.63, 3.8) is 0 Å². The predicted octanol–water partition coefficient (Wildman–Crippen LogP) is 3.08. The number of aliphatic hydroxyl groups is 1. The maximum atomic E-state index is 13.7. The number of urea groups is 1. The minimum atomic E-state index is -1.10. The van der Waals surface area contributed by atoms with Gasteiger partial charge in [0.1, 0.15) is 17.7 Å². The van der Waals surface area contributed by atoms with E-state index in [0.29, 0.717) is 25.2 Å². The van der Waals surface area contributed by atoms with E-state index in [1.165, 1.54) is 16.2 Å². The number of benzene rings is 2. The fourth-order valence-electron chi connectivity index (χ4n) is 3.67. The summed E-state index contributed by atoms with van der Waals surface area (Å²) in [6.07, 6.45) is 0.0480. The monoisotopic (exact) mass is 507 g/mol. The van der Waals surface area contributed by atoms with Crippen LogP contribution in [0.2, 0.25) is 0 Å². The Hall–Kier alpha value is -2.80. The van der Waals surface area contributed by atoms with Gasteiger partial charge in [-0.25, -0.2) is 22.9 Å². The molecule has 1 aliphatic heterocycles. The first-order valence-electron chi connectivity index (χ1n) is 10.5. The van der Waals surface area contributed by atoms with Crippen molar-refractivity contribution in [3.05, 3.63) is 59.1 Å². The second-order valence-corrected chi connectivity index (χ2v) is 9.72. The van der Waals surface area contributed by atoms with Crippen LogP contribution in [-0.2, 0) is 11.2 Å². The van der Waals surface area contributed by atoms with E-state index in [0.717, 1.165) is 40.5 Å². The first-order chi connectivity index (χ1) is 16.3. The lowest BCUT2D eigenvalue weighted by Gasteiger charge is -2.25. The zero-order chi connectivity index (χ0) is 24.2. The number of aliphatic hydroxyl groups excluding tert-OH is 1. The standard InChI is InChI=1S/C22H23F2N5O3S2/c1-28(16-2-3-20-18(10-16)25-12-33-20)21(31)19(8-13-6-14(23)9-15(24)7-13)26-22(32)27-34-29-5-4-17(30)11-29/h2-3,6-7,9-10,12,17,19,30H,4-5,8,11H2,1H3,(H2,26,27,32). The molecule has 12 heteroatoms. The molecular weight excluding hydrogens is 484 g/mol. The molecule has 0 aliphatic carbocycles. The highest BCUT2D eigenvalue weighted by Crippen LogP contribution is 2.24. The number of fused-ring (bicyclic) bond motifs is 1. The van der Waals surface area contributed by atoms with Crippen molar-refractivity contribution < 1.29 is 23.5 Å². The minimum Gasteiger partial charge on any atom is -0.392 e. The van der Waals surface area contributed by atoms with Gasteiger partial charge in [0.05, 0.1) is 21.8 Å². The molecule has 8 nitrogen and oxygen atoms in total. The van der Waals surface area contributed by atoms with Crippen molar-refractivity contribution in [3.8, 4) is 0 Å². The second-order valence-electron chi connectivity index (χ2n) is 7.93. The van der Waals surface area contributed by atoms with Crippen molar-refractivity contribution in [1.82, 2.24) is 19.3 Å². The Balaban J connectivity index is 1.50. The quantitative estimate of drug-likeness (QED) is 0.426. The molecule has 3 N–H and O–H groups in total. The fourth-order valence-corrected chi connectivity index (χ4v) is 5.04. The van der Waals surface area contributed by atoms with E-state index in [1.54, 1.807) is 29.0 Å². The van der Waals surface area contributed by atoms with Gasteiger partial charge in [0.15, 0.2) is 0 Å². The van der Waals surface area contributed by atoms with Gasteiger partial charge in [0.25, 0.3) is 0 Å². The van der Waals surface area contributed by atoms with E-state index < -0.39 is 35.7 Å². The van der Waals surface area contributed by atoms with Crippen LogP contribution in [0.25, 0.3) is 10.2 Å². The SMILES string of the molecule is CN(C(=O)C(Cc1cc(F)cc(F)c1)NC(=O)NSN1CCC(O)C1)c1ccc2scnc2c1. The number of rotatable bonds is 7. The van der Waals surface area contributed by atoms with Gasteiger partial charge in [-0.1, -0.05) is 0 Å². The van der Waals surface area contributed by atoms with Crippen LogP contribution in [0.15, 0.2) is 41.9 Å². The molecule has 0 spiro atoms. The van der Waals surface area contributed by atoms with Crippen molar-refractivity contribution >= 4 is 51.3 Å². The van der Waals surface area contributed by atoms with E-state index >= 15 is 0 Å². The largest absolute Gasteiger partial charge is 0.392 e. The first-order valence-corrected chi connectivity index (χ1v) is 12.2. The van der Waals surface area contributed by atoms with Crippen molar-refractivity contribution in [2.24, 2.45) is 0 Å². The summed E-state index contributed by atoms with van der Waals surface area (Å²) in [5.74, 6) is -2.00. The maximum absolute atomic E-state index is 13.7. The zero-order valence-electron chi connectivity index (χ0n) is 18.2. The van der Waals surface area contributed by atoms with Gasteiger partial charge >= 0.3 is 6.03 Å². The van der Waals surface area contributed by atoms with Gasteiger partial charge in [-0.05, 0) is 42.3 Å². The highest BCUT2D eigenvalue weighted by atomic mass is 32.2. The van der Waals surface area contributed by atoms with E-state index in [9.17, 15) is 23.5 Å². The Morgan fingerprint density at radius 1 is 1.29 bits per heavy atom. The Bertz CT molecular complexity index is 1170. The number of aromatic nitrogens is 1. The molecule has 1 aliphatic rings. The fraction of sp³-hybridized carbons (Fsp3) is 0.318. The number of likely N-dealkylation sites (N-methyl/N-ethyl adjacent to an activating group) is 1. The average Bonchev–Trinajstić information content (AvgIpc) is 3.43. The number of thiazole rings is 1. The van der Waals surface area contributed by atoms with Gasteiger partial charge in [0.2, 0.25) is 5.91 Å². The Morgan fingerprint density at radius 3 is 2.76 bits per heavy atom. The summed E-state index contributed by atoms with van der Waals surface area (Å²) in [6, 6.07) is 6.66. The van der Waals surface area contributed by atoms with Gasteiger partial charge in [-0.3, -0.25) is 9.52 Å². The molecule has 3 aromatic rings. The van der Waals surface area contributed by atoms with E-state index in [2.05, 4.69) is 15.0 Å². The molecule has 4 rings (SSSR count). The number of hydrogen-bond acceptors (Lipinski definition) is 7. The Labute approximate surface area is 203 Å². The topological polar surface area (TPSA) is 97.8 Å². The average molecular weight is 508 g/mol. The molecule has 2 aromatic carbocycles. The Kier molecular flexibility index (Phi) is 7.61. The highest BCUT2D eigenvalue weighted by Gasteiger charge is 2.27. The highest BCUT2D eigenvalue weighted by molar-refractivity contribution is 7.95. The molecule has 1 aromatic heterocycles. The summed E-state index contributed by atoms with van der Waals surface area (Å²) >= 11 is 2.51. The molecule has 34 heavy (non-hydrogen) atoms. The number of anilines is 1. The van der Waals surface area contributed by atoms with Crippen LogP contribution in [-0.4, -0.2) is 58.6 Å². The van der Waals surface area contributed by atoms with E-state index in [-0.39, 0.29) is 12.0 Å². The minimum absolute atomic E-state index is 0.114. The third kappa shape index (κ3) is 6.00. The van der Waals surface area contributed by atoms with Crippen LogP contribution < -0.4 is 14.9 Å². The lowest BCUT2D eigenvalue weighted by molar-refractivity contribution is -0.120. The van der Waals surface area contributed by atoms with Gasteiger partial charge in [-0.15, -0.1) is 11.3 Å². The number of carbonyl (C=O) groups is 2. The lowest BCUT2D eigenvalue weighted by Crippen LogP contribution is -2.51. The van der Waals surface area contributed by atoms with E-state index in [1.807, 2.05) is 6.07 Å². The van der Waals surface area contributed by atoms with Crippen LogP contribution in [0.5, 0.6) is 0 Å². The molecule has 2 atom stereocenters. The summed E-state index contributed by atoms with van der Waals surface area (Å²) in [6.45, 7) is 1.02. The molecule has 1 fully saturated rings. The maximum Gasteiger partial charge on any atom is 0.326 e. The summed E-state index contributed by atoms with van der Waals surface area (Å²) in [4.78, 5) is 31.6. The van der Waals surface area contributed by atoms with Crippen LogP contribution in [0.4, 0.5) is 19.3 Å². The Morgan fingerprint density at radius 2 is 2.06 bits per heavy atom. The van der Waals surface area contributed by atoms with Crippen molar-refractivity contribution in [2.75, 3.05) is 25.0 Å². The molecule has 1 saturated heterocycles. The third-order valence-corrected chi connectivity index (χ3v) is 7.07. The lowest BCUT2D eigenvalue weighted by atomic mass is 10.0. The number of carbonyl (C=O) groups excluding carboxylic acids is 2. The number of halogens is 2. The normalized spacial score (nSPS) is 17.0. The van der Waals surface area contributed by atoms with Crippen molar-refractivity contribution in [1.29, 1.82) is 0 Å². The van der Waals surface area contributed by atoms with Crippen molar-refractivity contribution in [2.45, 2.75) is 25.0 Å². The zero-order valence-corrected chi connectivity index (χ0v) is 19.8. The number of amides is 3. The molecule has 180 valence electrons. The summed E-state index contributed by atoms with van der Waals surface area (Å²) in [5, 5.41) is 12.2. The van der Waals surface area contributed by atoms with Gasteiger partial charge < -0.3 is 15.3 Å². The summed E-state index contributed by atoms with van der Waals surface area (Å²) in [7, 11) is 1.56. The molecule has 3 amide bonds. The van der Waals surface area contributed by atoms with E-state index in [4.69, 9.17) is 0 Å². The number of hydrogen-bond donors (Lipinski definition) is 3. The van der Waals surface area contributed by atoms with Gasteiger partial charge in [-0.2, -0.15) is 0 Å². The molecule has 2 heterocycles. The molecule has 2 unspecified atom stereocenters. The molecule has 0 bridgehead atoms. The second kappa shape index (κ2) is 10.6. The van der Waals surface area contributed by atoms with Crippen LogP contribution in [0, 0.1) is 11.6 Å². The first kappa shape index (κ1) is 24.3. The smallest absolute Gasteiger partial charge is 0.326 e. The summed E-state index contributed by atoms with van der Waals surface area (Å²) < 4.78 is 32.8. The van der Waals surface area contributed by atoms with Gasteiger partial charge in [0, 0.05) is 50.4 Å². The number of β-amino-alcohol motifs (C(OH)–C–C–N with tert-alkyl or cyclic N) is 1. The van der Waals surface area contributed by atoms with Crippen LogP contribution >= 0.6 is 23.5 Å². The number of nitrogens with zero attached hydrogens (tertiary/aromatic N) is 3. The molecule has 0 radical (unpaired) electrons. The van der Waals surface area contributed by atoms with Crippen LogP contribution in [0.1, 0.15) is 12.0 Å². The van der Waals surface area contributed by atoms with Crippen LogP contribution in [0.3, 0.4) is 0 Å². The number of nitrogens with one attached hydrogen (secondary N) is 2.